The zero-order valence-corrected chi connectivity index (χ0v) is 6.09. The van der Waals surface area contributed by atoms with Crippen LogP contribution in [0.2, 0.25) is 0 Å². The smallest absolute Gasteiger partial charge is 0.165 e. The van der Waals surface area contributed by atoms with E-state index in [1.165, 1.54) is 0 Å². The molecule has 0 saturated heterocycles. The quantitative estimate of drug-likeness (QED) is 0.571. The van der Waals surface area contributed by atoms with E-state index in [2.05, 4.69) is 6.58 Å². The fourth-order valence-corrected chi connectivity index (χ4v) is 0.531. The standard InChI is InChI=1S/C7H12O3/c1-3-10-6(2)4-7(9)5-8/h8H,2-5H2,1H3. The Hall–Kier alpha value is -0.830. The van der Waals surface area contributed by atoms with Gasteiger partial charge in [0.15, 0.2) is 5.78 Å². The first-order valence-corrected chi connectivity index (χ1v) is 3.13. The first-order valence-electron chi connectivity index (χ1n) is 3.13. The van der Waals surface area contributed by atoms with Crippen molar-refractivity contribution in [1.82, 2.24) is 0 Å². The van der Waals surface area contributed by atoms with Crippen molar-refractivity contribution in [3.63, 3.8) is 0 Å². The van der Waals surface area contributed by atoms with Crippen molar-refractivity contribution in [2.45, 2.75) is 13.3 Å². The normalized spacial score (nSPS) is 9.00. The lowest BCUT2D eigenvalue weighted by atomic mass is 10.3. The first-order chi connectivity index (χ1) is 4.70. The van der Waals surface area contributed by atoms with Crippen LogP contribution in [-0.4, -0.2) is 24.1 Å². The molecule has 0 aromatic rings. The number of ether oxygens (including phenoxy) is 1. The molecule has 0 bridgehead atoms. The second-order valence-corrected chi connectivity index (χ2v) is 1.85. The van der Waals surface area contributed by atoms with Crippen LogP contribution in [-0.2, 0) is 9.53 Å². The van der Waals surface area contributed by atoms with Gasteiger partial charge in [-0.05, 0) is 6.92 Å². The van der Waals surface area contributed by atoms with E-state index in [4.69, 9.17) is 9.84 Å². The van der Waals surface area contributed by atoms with Crippen LogP contribution in [0, 0.1) is 0 Å². The maximum absolute atomic E-state index is 10.5. The Balaban J connectivity index is 3.47. The largest absolute Gasteiger partial charge is 0.498 e. The third kappa shape index (κ3) is 4.09. The number of Topliss-reactive ketones (excluding diaryl/α,β-unsaturated/α-hetero) is 1. The van der Waals surface area contributed by atoms with Gasteiger partial charge in [-0.15, -0.1) is 0 Å². The molecule has 0 aliphatic rings. The molecule has 0 unspecified atom stereocenters. The molecule has 0 amide bonds. The van der Waals surface area contributed by atoms with Crippen LogP contribution in [0.1, 0.15) is 13.3 Å². The van der Waals surface area contributed by atoms with Gasteiger partial charge in [-0.3, -0.25) is 4.79 Å². The third-order valence-electron chi connectivity index (χ3n) is 0.919. The highest BCUT2D eigenvalue weighted by Crippen LogP contribution is 1.99. The van der Waals surface area contributed by atoms with Crippen LogP contribution in [0.5, 0.6) is 0 Å². The van der Waals surface area contributed by atoms with E-state index in [1.54, 1.807) is 0 Å². The lowest BCUT2D eigenvalue weighted by molar-refractivity contribution is -0.121. The van der Waals surface area contributed by atoms with Crippen molar-refractivity contribution in [2.24, 2.45) is 0 Å². The molecule has 3 nitrogen and oxygen atoms in total. The summed E-state index contributed by atoms with van der Waals surface area (Å²) in [5, 5.41) is 8.31. The van der Waals surface area contributed by atoms with E-state index in [9.17, 15) is 4.79 Å². The minimum Gasteiger partial charge on any atom is -0.498 e. The summed E-state index contributed by atoms with van der Waals surface area (Å²) in [5.41, 5.74) is 0. The number of hydrogen-bond acceptors (Lipinski definition) is 3. The number of carbonyl (C=O) groups excluding carboxylic acids is 1. The summed E-state index contributed by atoms with van der Waals surface area (Å²) in [6.07, 6.45) is 0.115. The predicted molar refractivity (Wildman–Crippen MR) is 37.5 cm³/mol. The summed E-state index contributed by atoms with van der Waals surface area (Å²) < 4.78 is 4.89. The Bertz CT molecular complexity index is 129. The zero-order chi connectivity index (χ0) is 7.98. The molecule has 0 aromatic heterocycles. The topological polar surface area (TPSA) is 46.5 Å². The highest BCUT2D eigenvalue weighted by Gasteiger charge is 2.01. The zero-order valence-electron chi connectivity index (χ0n) is 6.09. The monoisotopic (exact) mass is 144 g/mol. The van der Waals surface area contributed by atoms with E-state index in [0.717, 1.165) is 0 Å². The maximum Gasteiger partial charge on any atom is 0.165 e. The maximum atomic E-state index is 10.5. The second-order valence-electron chi connectivity index (χ2n) is 1.85. The van der Waals surface area contributed by atoms with Crippen LogP contribution < -0.4 is 0 Å². The molecule has 0 spiro atoms. The Morgan fingerprint density at radius 2 is 2.30 bits per heavy atom. The summed E-state index contributed by atoms with van der Waals surface area (Å²) in [5.74, 6) is 0.153. The fraction of sp³-hybridized carbons (Fsp3) is 0.571. The number of rotatable bonds is 5. The summed E-state index contributed by atoms with van der Waals surface area (Å²) >= 11 is 0. The Morgan fingerprint density at radius 3 is 2.70 bits per heavy atom. The van der Waals surface area contributed by atoms with Crippen molar-refractivity contribution >= 4 is 5.78 Å². The number of aliphatic hydroxyl groups is 1. The minimum absolute atomic E-state index is 0.115. The molecule has 0 aliphatic heterocycles. The van der Waals surface area contributed by atoms with Gasteiger partial charge in [0.25, 0.3) is 0 Å². The van der Waals surface area contributed by atoms with Crippen LogP contribution in [0.15, 0.2) is 12.3 Å². The van der Waals surface area contributed by atoms with Crippen molar-refractivity contribution in [1.29, 1.82) is 0 Å². The van der Waals surface area contributed by atoms with Gasteiger partial charge in [0.05, 0.1) is 18.8 Å². The van der Waals surface area contributed by atoms with Crippen molar-refractivity contribution in [3.05, 3.63) is 12.3 Å². The van der Waals surface area contributed by atoms with E-state index in [-0.39, 0.29) is 12.2 Å². The fourth-order valence-electron chi connectivity index (χ4n) is 0.531. The molecular formula is C7H12O3. The molecule has 10 heavy (non-hydrogen) atoms. The predicted octanol–water partition coefficient (Wildman–Crippen LogP) is 0.488. The first kappa shape index (κ1) is 9.17. The van der Waals surface area contributed by atoms with Gasteiger partial charge in [0, 0.05) is 0 Å². The van der Waals surface area contributed by atoms with Crippen LogP contribution in [0.3, 0.4) is 0 Å². The van der Waals surface area contributed by atoms with Crippen molar-refractivity contribution < 1.29 is 14.6 Å². The molecule has 0 radical (unpaired) electrons. The molecular weight excluding hydrogens is 132 g/mol. The Kier molecular flexibility index (Phi) is 4.58. The lowest BCUT2D eigenvalue weighted by Crippen LogP contribution is -2.05. The van der Waals surface area contributed by atoms with E-state index in [1.807, 2.05) is 6.92 Å². The van der Waals surface area contributed by atoms with E-state index in [0.29, 0.717) is 12.4 Å². The third-order valence-corrected chi connectivity index (χ3v) is 0.919. The van der Waals surface area contributed by atoms with E-state index >= 15 is 0 Å². The second kappa shape index (κ2) is 4.99. The molecule has 0 fully saturated rings. The minimum atomic E-state index is -0.438. The Labute approximate surface area is 60.3 Å². The van der Waals surface area contributed by atoms with Crippen LogP contribution in [0.25, 0.3) is 0 Å². The highest BCUT2D eigenvalue weighted by molar-refractivity contribution is 5.81. The van der Waals surface area contributed by atoms with Gasteiger partial charge in [0.1, 0.15) is 6.61 Å². The molecule has 3 heteroatoms. The number of allylic oxidation sites excluding steroid dienone is 1. The molecule has 0 atom stereocenters. The molecule has 1 N–H and O–H groups in total. The average molecular weight is 144 g/mol. The van der Waals surface area contributed by atoms with E-state index < -0.39 is 6.61 Å². The van der Waals surface area contributed by atoms with Gasteiger partial charge >= 0.3 is 0 Å². The van der Waals surface area contributed by atoms with Crippen LogP contribution in [0.4, 0.5) is 0 Å². The highest BCUT2D eigenvalue weighted by atomic mass is 16.5. The molecule has 0 saturated carbocycles. The number of carbonyl (C=O) groups is 1. The van der Waals surface area contributed by atoms with Crippen molar-refractivity contribution in [2.75, 3.05) is 13.2 Å². The van der Waals surface area contributed by atoms with Crippen molar-refractivity contribution in [3.8, 4) is 0 Å². The van der Waals surface area contributed by atoms with Crippen LogP contribution >= 0.6 is 0 Å². The molecule has 0 aliphatic carbocycles. The SMILES string of the molecule is C=C(CC(=O)CO)OCC. The average Bonchev–Trinajstić information content (AvgIpc) is 1.88. The van der Waals surface area contributed by atoms with Gasteiger partial charge in [-0.25, -0.2) is 0 Å². The summed E-state index contributed by atoms with van der Waals surface area (Å²) in [6.45, 7) is 5.37. The summed E-state index contributed by atoms with van der Waals surface area (Å²) in [7, 11) is 0. The lowest BCUT2D eigenvalue weighted by Gasteiger charge is -2.03. The summed E-state index contributed by atoms with van der Waals surface area (Å²) in [6, 6.07) is 0. The van der Waals surface area contributed by atoms with Gasteiger partial charge in [-0.1, -0.05) is 6.58 Å². The molecule has 58 valence electrons. The van der Waals surface area contributed by atoms with Gasteiger partial charge < -0.3 is 9.84 Å². The van der Waals surface area contributed by atoms with Gasteiger partial charge in [-0.2, -0.15) is 0 Å². The number of aliphatic hydroxyl groups excluding tert-OH is 1. The number of ketones is 1. The Morgan fingerprint density at radius 1 is 1.70 bits per heavy atom. The molecule has 0 rings (SSSR count). The summed E-state index contributed by atoms with van der Waals surface area (Å²) in [4.78, 5) is 10.5. The number of hydrogen-bond donors (Lipinski definition) is 1. The van der Waals surface area contributed by atoms with Gasteiger partial charge in [0.2, 0.25) is 0 Å². The molecule has 0 heterocycles. The molecule has 0 aromatic carbocycles.